The third-order valence-corrected chi connectivity index (χ3v) is 4.77. The van der Waals surface area contributed by atoms with Crippen molar-refractivity contribution in [1.29, 1.82) is 5.26 Å². The summed E-state index contributed by atoms with van der Waals surface area (Å²) in [5.41, 5.74) is 0.580. The molecule has 0 unspecified atom stereocenters. The van der Waals surface area contributed by atoms with E-state index in [2.05, 4.69) is 22.0 Å². The zero-order valence-corrected chi connectivity index (χ0v) is 12.1. The molecule has 0 fully saturated rings. The van der Waals surface area contributed by atoms with Gasteiger partial charge in [0.15, 0.2) is 0 Å². The van der Waals surface area contributed by atoms with Crippen LogP contribution in [-0.4, -0.2) is 11.1 Å². The first-order chi connectivity index (χ1) is 8.60. The quantitative estimate of drug-likeness (QED) is 0.908. The number of nitriles is 1. The normalized spacial score (nSPS) is 10.0. The summed E-state index contributed by atoms with van der Waals surface area (Å²) in [5.74, 6) is -0.909. The molecule has 0 radical (unpaired) electrons. The van der Waals surface area contributed by atoms with Crippen molar-refractivity contribution >= 4 is 45.0 Å². The van der Waals surface area contributed by atoms with Gasteiger partial charge in [0.05, 0.1) is 5.56 Å². The molecule has 0 amide bonds. The molecule has 3 nitrogen and oxygen atoms in total. The first kappa shape index (κ1) is 13.1. The highest BCUT2D eigenvalue weighted by molar-refractivity contribution is 9.10. The molecular weight excluding hydrogens is 334 g/mol. The van der Waals surface area contributed by atoms with Crippen molar-refractivity contribution in [3.05, 3.63) is 44.6 Å². The second-order valence-electron chi connectivity index (χ2n) is 3.31. The molecule has 0 atom stereocenters. The van der Waals surface area contributed by atoms with Crippen LogP contribution in [0.4, 0.5) is 0 Å². The summed E-state index contributed by atoms with van der Waals surface area (Å²) < 4.78 is 0.740. The van der Waals surface area contributed by atoms with E-state index < -0.39 is 5.97 Å². The fourth-order valence-electron chi connectivity index (χ4n) is 1.27. The number of benzene rings is 1. The number of carboxylic acids is 1. The largest absolute Gasteiger partial charge is 0.477 e. The second-order valence-corrected chi connectivity index (χ2v) is 6.22. The molecule has 1 aromatic heterocycles. The zero-order valence-electron chi connectivity index (χ0n) is 8.88. The molecule has 2 aromatic rings. The molecule has 0 spiro atoms. The predicted octanol–water partition coefficient (Wildman–Crippen LogP) is 4.23. The summed E-state index contributed by atoms with van der Waals surface area (Å²) in [6, 6.07) is 9.14. The SMILES string of the molecule is N#Cc1ccc(Sc2csc(C(=O)O)c2)cc1Br. The molecule has 18 heavy (non-hydrogen) atoms. The van der Waals surface area contributed by atoms with Crippen LogP contribution in [0.1, 0.15) is 15.2 Å². The van der Waals surface area contributed by atoms with E-state index in [0.717, 1.165) is 14.3 Å². The van der Waals surface area contributed by atoms with E-state index in [9.17, 15) is 4.79 Å². The lowest BCUT2D eigenvalue weighted by molar-refractivity contribution is 0.0702. The van der Waals surface area contributed by atoms with E-state index >= 15 is 0 Å². The number of aromatic carboxylic acids is 1. The smallest absolute Gasteiger partial charge is 0.345 e. The number of hydrogen-bond donors (Lipinski definition) is 1. The number of thiophene rings is 1. The van der Waals surface area contributed by atoms with Crippen LogP contribution in [0.3, 0.4) is 0 Å². The molecule has 6 heteroatoms. The molecule has 0 aliphatic heterocycles. The van der Waals surface area contributed by atoms with Gasteiger partial charge in [-0.05, 0) is 40.2 Å². The minimum Gasteiger partial charge on any atom is -0.477 e. The van der Waals surface area contributed by atoms with E-state index in [4.69, 9.17) is 10.4 Å². The highest BCUT2D eigenvalue weighted by atomic mass is 79.9. The average molecular weight is 340 g/mol. The number of rotatable bonds is 3. The molecule has 0 aliphatic rings. The van der Waals surface area contributed by atoms with Gasteiger partial charge in [0.2, 0.25) is 0 Å². The van der Waals surface area contributed by atoms with E-state index in [1.165, 1.54) is 23.1 Å². The van der Waals surface area contributed by atoms with E-state index in [1.54, 1.807) is 17.5 Å². The van der Waals surface area contributed by atoms with Crippen LogP contribution in [0.2, 0.25) is 0 Å². The Balaban J connectivity index is 2.21. The van der Waals surface area contributed by atoms with Crippen molar-refractivity contribution in [1.82, 2.24) is 0 Å². The lowest BCUT2D eigenvalue weighted by Crippen LogP contribution is -1.89. The molecule has 0 bridgehead atoms. The van der Waals surface area contributed by atoms with Gasteiger partial charge in [-0.15, -0.1) is 11.3 Å². The molecule has 1 aromatic carbocycles. The maximum atomic E-state index is 10.8. The molecule has 0 saturated carbocycles. The van der Waals surface area contributed by atoms with Gasteiger partial charge in [0, 0.05) is 19.6 Å². The second kappa shape index (κ2) is 5.57. The first-order valence-electron chi connectivity index (χ1n) is 4.79. The molecular formula is C12H6BrNO2S2. The summed E-state index contributed by atoms with van der Waals surface area (Å²) in [4.78, 5) is 12.9. The average Bonchev–Trinajstić information content (AvgIpc) is 2.78. The van der Waals surface area contributed by atoms with Crippen molar-refractivity contribution in [3.8, 4) is 6.07 Å². The van der Waals surface area contributed by atoms with Crippen LogP contribution in [0.25, 0.3) is 0 Å². The summed E-state index contributed by atoms with van der Waals surface area (Å²) in [6.45, 7) is 0. The third kappa shape index (κ3) is 2.93. The Bertz CT molecular complexity index is 646. The highest BCUT2D eigenvalue weighted by Crippen LogP contribution is 2.33. The van der Waals surface area contributed by atoms with E-state index in [0.29, 0.717) is 10.4 Å². The van der Waals surface area contributed by atoms with E-state index in [-0.39, 0.29) is 0 Å². The minimum absolute atomic E-state index is 0.324. The first-order valence-corrected chi connectivity index (χ1v) is 7.28. The topological polar surface area (TPSA) is 61.1 Å². The Kier molecular flexibility index (Phi) is 4.07. The van der Waals surface area contributed by atoms with Crippen molar-refractivity contribution in [3.63, 3.8) is 0 Å². The van der Waals surface area contributed by atoms with Crippen LogP contribution in [0, 0.1) is 11.3 Å². The van der Waals surface area contributed by atoms with Crippen LogP contribution in [-0.2, 0) is 0 Å². The van der Waals surface area contributed by atoms with Crippen LogP contribution < -0.4 is 0 Å². The van der Waals surface area contributed by atoms with Crippen molar-refractivity contribution in [2.75, 3.05) is 0 Å². The number of hydrogen-bond acceptors (Lipinski definition) is 4. The Hall–Kier alpha value is -1.29. The summed E-state index contributed by atoms with van der Waals surface area (Å²) in [6.07, 6.45) is 0. The maximum absolute atomic E-state index is 10.8. The summed E-state index contributed by atoms with van der Waals surface area (Å²) in [7, 11) is 0. The lowest BCUT2D eigenvalue weighted by Gasteiger charge is -2.00. The van der Waals surface area contributed by atoms with Gasteiger partial charge in [0.1, 0.15) is 10.9 Å². The number of halogens is 1. The molecule has 0 saturated heterocycles. The highest BCUT2D eigenvalue weighted by Gasteiger charge is 2.08. The Morgan fingerprint density at radius 2 is 2.17 bits per heavy atom. The maximum Gasteiger partial charge on any atom is 0.345 e. The Morgan fingerprint density at radius 1 is 1.39 bits per heavy atom. The van der Waals surface area contributed by atoms with Gasteiger partial charge in [-0.1, -0.05) is 11.8 Å². The Labute approximate surface area is 120 Å². The van der Waals surface area contributed by atoms with Gasteiger partial charge >= 0.3 is 5.97 Å². The lowest BCUT2D eigenvalue weighted by atomic mass is 10.2. The van der Waals surface area contributed by atoms with Gasteiger partial charge < -0.3 is 5.11 Å². The third-order valence-electron chi connectivity index (χ3n) is 2.08. The van der Waals surface area contributed by atoms with Crippen LogP contribution in [0.15, 0.2) is 43.9 Å². The zero-order chi connectivity index (χ0) is 13.1. The molecule has 1 N–H and O–H groups in total. The van der Waals surface area contributed by atoms with E-state index in [1.807, 2.05) is 12.1 Å². The van der Waals surface area contributed by atoms with Crippen molar-refractivity contribution in [2.24, 2.45) is 0 Å². The number of nitrogens with zero attached hydrogens (tertiary/aromatic N) is 1. The number of carboxylic acid groups (broad SMARTS) is 1. The number of carbonyl (C=O) groups is 1. The monoisotopic (exact) mass is 339 g/mol. The summed E-state index contributed by atoms with van der Waals surface area (Å²) >= 11 is 5.99. The molecule has 2 rings (SSSR count). The minimum atomic E-state index is -0.909. The van der Waals surface area contributed by atoms with Gasteiger partial charge in [-0.2, -0.15) is 5.26 Å². The van der Waals surface area contributed by atoms with Gasteiger partial charge in [0.25, 0.3) is 0 Å². The summed E-state index contributed by atoms with van der Waals surface area (Å²) in [5, 5.41) is 19.5. The fourth-order valence-corrected chi connectivity index (χ4v) is 3.67. The Morgan fingerprint density at radius 3 is 2.72 bits per heavy atom. The van der Waals surface area contributed by atoms with Gasteiger partial charge in [-0.3, -0.25) is 0 Å². The van der Waals surface area contributed by atoms with Crippen molar-refractivity contribution < 1.29 is 9.90 Å². The fraction of sp³-hybridized carbons (Fsp3) is 0. The predicted molar refractivity (Wildman–Crippen MR) is 74.3 cm³/mol. The molecule has 90 valence electrons. The molecule has 1 heterocycles. The molecule has 0 aliphatic carbocycles. The van der Waals surface area contributed by atoms with Crippen LogP contribution >= 0.6 is 39.0 Å². The van der Waals surface area contributed by atoms with Crippen LogP contribution in [0.5, 0.6) is 0 Å². The standard InChI is InChI=1S/C12H6BrNO2S2/c13-10-3-8(2-1-7(10)5-14)18-9-4-11(12(15)16)17-6-9/h1-4,6H,(H,15,16). The van der Waals surface area contributed by atoms with Gasteiger partial charge in [-0.25, -0.2) is 4.79 Å². The van der Waals surface area contributed by atoms with Crippen molar-refractivity contribution in [2.45, 2.75) is 9.79 Å².